The first kappa shape index (κ1) is 15.1. The highest BCUT2D eigenvalue weighted by Gasteiger charge is 2.08. The van der Waals surface area contributed by atoms with Gasteiger partial charge in [0.2, 0.25) is 0 Å². The van der Waals surface area contributed by atoms with Gasteiger partial charge in [-0.05, 0) is 55.3 Å². The lowest BCUT2D eigenvalue weighted by Gasteiger charge is -2.11. The van der Waals surface area contributed by atoms with Crippen molar-refractivity contribution in [1.29, 1.82) is 0 Å². The van der Waals surface area contributed by atoms with Gasteiger partial charge in [-0.1, -0.05) is 12.1 Å². The summed E-state index contributed by atoms with van der Waals surface area (Å²) < 4.78 is 5.43. The van der Waals surface area contributed by atoms with Gasteiger partial charge in [0.1, 0.15) is 5.75 Å². The molecule has 2 aromatic carbocycles. The minimum atomic E-state index is -0.133. The smallest absolute Gasteiger partial charge is 0.255 e. The minimum absolute atomic E-state index is 0.133. The molecule has 2 rings (SSSR count). The van der Waals surface area contributed by atoms with Gasteiger partial charge in [-0.3, -0.25) is 4.79 Å². The van der Waals surface area contributed by atoms with Crippen LogP contribution in [-0.2, 0) is 6.54 Å². The van der Waals surface area contributed by atoms with Gasteiger partial charge in [-0.2, -0.15) is 0 Å². The summed E-state index contributed by atoms with van der Waals surface area (Å²) in [5, 5.41) is 2.91. The standard InChI is InChI=1S/C17H20N2O2/c1-3-21-15-8-9-16(12(2)10-15)19-17(20)14-6-4-13(11-18)5-7-14/h4-10H,3,11,18H2,1-2H3,(H,19,20). The van der Waals surface area contributed by atoms with E-state index in [1.807, 2.05) is 44.2 Å². The molecule has 4 nitrogen and oxygen atoms in total. The van der Waals surface area contributed by atoms with Crippen LogP contribution in [0, 0.1) is 6.92 Å². The van der Waals surface area contributed by atoms with Gasteiger partial charge in [0, 0.05) is 17.8 Å². The van der Waals surface area contributed by atoms with Gasteiger partial charge in [0.05, 0.1) is 6.61 Å². The molecular weight excluding hydrogens is 264 g/mol. The predicted molar refractivity (Wildman–Crippen MR) is 84.6 cm³/mol. The highest BCUT2D eigenvalue weighted by atomic mass is 16.5. The Balaban J connectivity index is 2.11. The Morgan fingerprint density at radius 1 is 1.19 bits per heavy atom. The van der Waals surface area contributed by atoms with E-state index in [1.54, 1.807) is 12.1 Å². The Labute approximate surface area is 124 Å². The first-order valence-corrected chi connectivity index (χ1v) is 6.98. The molecule has 2 aromatic rings. The summed E-state index contributed by atoms with van der Waals surface area (Å²) in [5.41, 5.74) is 8.91. The third-order valence-electron chi connectivity index (χ3n) is 3.21. The van der Waals surface area contributed by atoms with Gasteiger partial charge >= 0.3 is 0 Å². The van der Waals surface area contributed by atoms with Crippen LogP contribution in [0.3, 0.4) is 0 Å². The van der Waals surface area contributed by atoms with E-state index < -0.39 is 0 Å². The van der Waals surface area contributed by atoms with E-state index in [2.05, 4.69) is 5.32 Å². The normalized spacial score (nSPS) is 10.2. The maximum absolute atomic E-state index is 12.2. The van der Waals surface area contributed by atoms with Crippen LogP contribution in [0.4, 0.5) is 5.69 Å². The molecule has 0 aliphatic carbocycles. The number of hydrogen-bond donors (Lipinski definition) is 2. The van der Waals surface area contributed by atoms with Crippen molar-refractivity contribution in [2.45, 2.75) is 20.4 Å². The number of carbonyl (C=O) groups is 1. The van der Waals surface area contributed by atoms with Crippen molar-refractivity contribution in [1.82, 2.24) is 0 Å². The number of aryl methyl sites for hydroxylation is 1. The molecule has 3 N–H and O–H groups in total. The predicted octanol–water partition coefficient (Wildman–Crippen LogP) is 3.10. The lowest BCUT2D eigenvalue weighted by Crippen LogP contribution is -2.13. The van der Waals surface area contributed by atoms with Crippen LogP contribution in [-0.4, -0.2) is 12.5 Å². The van der Waals surface area contributed by atoms with Gasteiger partial charge in [-0.25, -0.2) is 0 Å². The quantitative estimate of drug-likeness (QED) is 0.886. The molecule has 0 fully saturated rings. The number of amides is 1. The average Bonchev–Trinajstić information content (AvgIpc) is 2.50. The summed E-state index contributed by atoms with van der Waals surface area (Å²) in [7, 11) is 0. The van der Waals surface area contributed by atoms with Crippen LogP contribution >= 0.6 is 0 Å². The van der Waals surface area contributed by atoms with Gasteiger partial charge in [-0.15, -0.1) is 0 Å². The third-order valence-corrected chi connectivity index (χ3v) is 3.21. The summed E-state index contributed by atoms with van der Waals surface area (Å²) in [5.74, 6) is 0.672. The molecule has 0 saturated carbocycles. The molecule has 0 aliphatic rings. The van der Waals surface area contributed by atoms with Gasteiger partial charge in [0.15, 0.2) is 0 Å². The molecule has 0 unspecified atom stereocenters. The minimum Gasteiger partial charge on any atom is -0.494 e. The summed E-state index contributed by atoms with van der Waals surface area (Å²) in [6.07, 6.45) is 0. The van der Waals surface area contributed by atoms with E-state index in [0.29, 0.717) is 18.7 Å². The van der Waals surface area contributed by atoms with Crippen molar-refractivity contribution in [2.75, 3.05) is 11.9 Å². The van der Waals surface area contributed by atoms with Gasteiger partial charge < -0.3 is 15.8 Å². The Morgan fingerprint density at radius 2 is 1.90 bits per heavy atom. The second-order valence-electron chi connectivity index (χ2n) is 4.76. The SMILES string of the molecule is CCOc1ccc(NC(=O)c2ccc(CN)cc2)c(C)c1. The molecule has 0 atom stereocenters. The summed E-state index contributed by atoms with van der Waals surface area (Å²) in [6, 6.07) is 12.9. The van der Waals surface area contributed by atoms with Crippen LogP contribution in [0.5, 0.6) is 5.75 Å². The molecule has 0 spiro atoms. The van der Waals surface area contributed by atoms with E-state index in [0.717, 1.165) is 22.6 Å². The number of carbonyl (C=O) groups excluding carboxylic acids is 1. The third kappa shape index (κ3) is 3.83. The zero-order chi connectivity index (χ0) is 15.2. The number of ether oxygens (including phenoxy) is 1. The van der Waals surface area contributed by atoms with Crippen molar-refractivity contribution in [3.63, 3.8) is 0 Å². The zero-order valence-corrected chi connectivity index (χ0v) is 12.3. The number of nitrogens with one attached hydrogen (secondary N) is 1. The Kier molecular flexibility index (Phi) is 4.95. The number of rotatable bonds is 5. The molecule has 4 heteroatoms. The van der Waals surface area contributed by atoms with E-state index in [-0.39, 0.29) is 5.91 Å². The van der Waals surface area contributed by atoms with Crippen LogP contribution < -0.4 is 15.8 Å². The zero-order valence-electron chi connectivity index (χ0n) is 12.3. The Bertz CT molecular complexity index is 621. The maximum atomic E-state index is 12.2. The lowest BCUT2D eigenvalue weighted by atomic mass is 10.1. The second kappa shape index (κ2) is 6.90. The number of nitrogens with two attached hydrogens (primary N) is 1. The highest BCUT2D eigenvalue weighted by Crippen LogP contribution is 2.22. The number of benzene rings is 2. The molecule has 0 bridgehead atoms. The largest absolute Gasteiger partial charge is 0.494 e. The molecule has 110 valence electrons. The summed E-state index contributed by atoms with van der Waals surface area (Å²) in [6.45, 7) is 4.98. The van der Waals surface area contributed by atoms with Crippen LogP contribution in [0.1, 0.15) is 28.4 Å². The first-order valence-electron chi connectivity index (χ1n) is 6.98. The summed E-state index contributed by atoms with van der Waals surface area (Å²) >= 11 is 0. The van der Waals surface area contributed by atoms with Crippen molar-refractivity contribution >= 4 is 11.6 Å². The topological polar surface area (TPSA) is 64.3 Å². The average molecular weight is 284 g/mol. The fourth-order valence-corrected chi connectivity index (χ4v) is 2.02. The molecule has 21 heavy (non-hydrogen) atoms. The Hall–Kier alpha value is -2.33. The first-order chi connectivity index (χ1) is 10.1. The maximum Gasteiger partial charge on any atom is 0.255 e. The lowest BCUT2D eigenvalue weighted by molar-refractivity contribution is 0.102. The fourth-order valence-electron chi connectivity index (χ4n) is 2.02. The van der Waals surface area contributed by atoms with Crippen LogP contribution in [0.25, 0.3) is 0 Å². The second-order valence-corrected chi connectivity index (χ2v) is 4.76. The van der Waals surface area contributed by atoms with Crippen molar-refractivity contribution in [3.8, 4) is 5.75 Å². The van der Waals surface area contributed by atoms with E-state index in [1.165, 1.54) is 0 Å². The van der Waals surface area contributed by atoms with Crippen LogP contribution in [0.2, 0.25) is 0 Å². The van der Waals surface area contributed by atoms with Crippen molar-refractivity contribution < 1.29 is 9.53 Å². The highest BCUT2D eigenvalue weighted by molar-refractivity contribution is 6.04. The van der Waals surface area contributed by atoms with E-state index in [9.17, 15) is 4.79 Å². The molecule has 0 radical (unpaired) electrons. The fraction of sp³-hybridized carbons (Fsp3) is 0.235. The number of anilines is 1. The number of hydrogen-bond acceptors (Lipinski definition) is 3. The van der Waals surface area contributed by atoms with Crippen molar-refractivity contribution in [2.24, 2.45) is 5.73 Å². The monoisotopic (exact) mass is 284 g/mol. The molecule has 0 heterocycles. The van der Waals surface area contributed by atoms with Crippen LogP contribution in [0.15, 0.2) is 42.5 Å². The van der Waals surface area contributed by atoms with Gasteiger partial charge in [0.25, 0.3) is 5.91 Å². The summed E-state index contributed by atoms with van der Waals surface area (Å²) in [4.78, 5) is 12.2. The molecule has 0 aromatic heterocycles. The van der Waals surface area contributed by atoms with E-state index >= 15 is 0 Å². The molecule has 1 amide bonds. The van der Waals surface area contributed by atoms with E-state index in [4.69, 9.17) is 10.5 Å². The molecular formula is C17H20N2O2. The molecule has 0 saturated heterocycles. The molecule has 0 aliphatic heterocycles. The Morgan fingerprint density at radius 3 is 2.48 bits per heavy atom. The van der Waals surface area contributed by atoms with Crippen molar-refractivity contribution in [3.05, 3.63) is 59.2 Å².